The van der Waals surface area contributed by atoms with E-state index in [0.717, 1.165) is 41.5 Å². The first-order valence-corrected chi connectivity index (χ1v) is 15.3. The maximum Gasteiger partial charge on any atom is 0.274 e. The van der Waals surface area contributed by atoms with E-state index in [1.165, 1.54) is 56.5 Å². The lowest BCUT2D eigenvalue weighted by Gasteiger charge is -2.23. The van der Waals surface area contributed by atoms with E-state index in [1.54, 1.807) is 16.7 Å². The lowest BCUT2D eigenvalue weighted by atomic mass is 9.95. The van der Waals surface area contributed by atoms with Crippen molar-refractivity contribution in [2.75, 3.05) is 11.9 Å². The molecule has 1 aliphatic carbocycles. The summed E-state index contributed by atoms with van der Waals surface area (Å²) >= 11 is 0. The van der Waals surface area contributed by atoms with Crippen molar-refractivity contribution in [1.82, 2.24) is 20.0 Å². The zero-order valence-electron chi connectivity index (χ0n) is 25.6. The first-order valence-electron chi connectivity index (χ1n) is 15.3. The molecule has 0 atom stereocenters. The van der Waals surface area contributed by atoms with E-state index in [2.05, 4.69) is 39.7 Å². The number of rotatable bonds is 11. The second kappa shape index (κ2) is 14.9. The van der Waals surface area contributed by atoms with Gasteiger partial charge in [-0.25, -0.2) is 18.2 Å². The number of imidazole rings is 1. The summed E-state index contributed by atoms with van der Waals surface area (Å²) in [5, 5.41) is 8.77. The second-order valence-electron chi connectivity index (χ2n) is 11.3. The number of hydrogen-bond acceptors (Lipinski definition) is 4. The average molecular weight is 628 g/mol. The molecule has 238 valence electrons. The summed E-state index contributed by atoms with van der Waals surface area (Å²) < 4.78 is 42.9. The van der Waals surface area contributed by atoms with E-state index in [1.807, 2.05) is 19.1 Å². The molecule has 2 aromatic heterocycles. The molecule has 0 spiro atoms. The Morgan fingerprint density at radius 3 is 2.48 bits per heavy atom. The molecule has 0 aliphatic heterocycles. The highest BCUT2D eigenvalue weighted by Gasteiger charge is 2.17. The summed E-state index contributed by atoms with van der Waals surface area (Å²) in [6.07, 6.45) is 15.3. The Morgan fingerprint density at radius 1 is 0.957 bits per heavy atom. The van der Waals surface area contributed by atoms with Crippen LogP contribution in [-0.2, 0) is 6.54 Å². The molecule has 0 saturated heterocycles. The molecule has 0 radical (unpaired) electrons. The lowest BCUT2D eigenvalue weighted by molar-refractivity contribution is 0.0949. The van der Waals surface area contributed by atoms with Crippen LogP contribution < -0.4 is 16.0 Å². The van der Waals surface area contributed by atoms with E-state index in [9.17, 15) is 22.8 Å². The monoisotopic (exact) mass is 627 g/mol. The number of nitrogens with zero attached hydrogens (tertiary/aromatic N) is 2. The fourth-order valence-corrected chi connectivity index (χ4v) is 5.48. The van der Waals surface area contributed by atoms with Crippen LogP contribution in [0.1, 0.15) is 71.0 Å². The number of carbonyl (C=O) groups is 2. The minimum atomic E-state index is -1.03. The summed E-state index contributed by atoms with van der Waals surface area (Å²) in [7, 11) is 0. The van der Waals surface area contributed by atoms with Crippen LogP contribution >= 0.6 is 0 Å². The fraction of sp³-hybridized carbons (Fsp3) is 0.250. The molecule has 46 heavy (non-hydrogen) atoms. The van der Waals surface area contributed by atoms with Gasteiger partial charge in [0.05, 0.1) is 11.9 Å². The van der Waals surface area contributed by atoms with Gasteiger partial charge in [0.15, 0.2) is 11.6 Å². The number of carbonyl (C=O) groups excluding carboxylic acids is 2. The summed E-state index contributed by atoms with van der Waals surface area (Å²) in [6.45, 7) is 6.70. The van der Waals surface area contributed by atoms with Crippen molar-refractivity contribution in [2.45, 2.75) is 51.6 Å². The highest BCUT2D eigenvalue weighted by Crippen LogP contribution is 2.23. The molecule has 7 nitrogen and oxygen atoms in total. The molecule has 3 N–H and O–H groups in total. The maximum atomic E-state index is 14.7. The predicted molar refractivity (Wildman–Crippen MR) is 174 cm³/mol. The molecule has 4 aromatic rings. The van der Waals surface area contributed by atoms with Crippen LogP contribution in [0.2, 0.25) is 0 Å². The van der Waals surface area contributed by atoms with Crippen LogP contribution in [0.3, 0.4) is 0 Å². The van der Waals surface area contributed by atoms with E-state index in [0.29, 0.717) is 17.3 Å². The van der Waals surface area contributed by atoms with Crippen LogP contribution in [0.15, 0.2) is 91.3 Å². The molecule has 2 aromatic carbocycles. The van der Waals surface area contributed by atoms with Gasteiger partial charge in [0.2, 0.25) is 0 Å². The van der Waals surface area contributed by atoms with E-state index >= 15 is 0 Å². The zero-order chi connectivity index (χ0) is 32.6. The molecule has 1 aliphatic rings. The van der Waals surface area contributed by atoms with Gasteiger partial charge in [-0.1, -0.05) is 50.1 Å². The van der Waals surface area contributed by atoms with Crippen LogP contribution in [0.5, 0.6) is 0 Å². The Balaban J connectivity index is 1.27. The first kappa shape index (κ1) is 32.4. The number of benzene rings is 2. The van der Waals surface area contributed by atoms with Gasteiger partial charge in [0, 0.05) is 30.9 Å². The Labute approximate surface area is 265 Å². The van der Waals surface area contributed by atoms with E-state index in [4.69, 9.17) is 0 Å². The Bertz CT molecular complexity index is 1820. The molecule has 10 heteroatoms. The van der Waals surface area contributed by atoms with E-state index < -0.39 is 29.3 Å². The number of amides is 2. The van der Waals surface area contributed by atoms with Crippen molar-refractivity contribution in [2.24, 2.45) is 0 Å². The Hall–Kier alpha value is -4.96. The van der Waals surface area contributed by atoms with Gasteiger partial charge in [-0.3, -0.25) is 14.0 Å². The summed E-state index contributed by atoms with van der Waals surface area (Å²) in [6, 6.07) is 11.1. The molecule has 2 amide bonds. The van der Waals surface area contributed by atoms with Gasteiger partial charge in [0.1, 0.15) is 17.2 Å². The molecule has 5 rings (SSSR count). The van der Waals surface area contributed by atoms with Gasteiger partial charge in [-0.2, -0.15) is 0 Å². The summed E-state index contributed by atoms with van der Waals surface area (Å²) in [5.74, 6) is -3.96. The number of fused-ring (bicyclic) bond motifs is 1. The molecular formula is C36H36F3N5O2. The third-order valence-electron chi connectivity index (χ3n) is 8.12. The number of aromatic nitrogens is 2. The molecule has 2 heterocycles. The topological polar surface area (TPSA) is 87.5 Å². The minimum Gasteiger partial charge on any atom is -0.348 e. The number of anilines is 1. The second-order valence-corrected chi connectivity index (χ2v) is 11.3. The van der Waals surface area contributed by atoms with Gasteiger partial charge >= 0.3 is 0 Å². The largest absolute Gasteiger partial charge is 0.348 e. The Morgan fingerprint density at radius 2 is 1.74 bits per heavy atom. The molecule has 1 fully saturated rings. The zero-order valence-corrected chi connectivity index (χ0v) is 25.6. The van der Waals surface area contributed by atoms with Crippen molar-refractivity contribution in [3.63, 3.8) is 0 Å². The summed E-state index contributed by atoms with van der Waals surface area (Å²) in [5.41, 5.74) is 3.85. The van der Waals surface area contributed by atoms with Crippen LogP contribution in [-0.4, -0.2) is 33.8 Å². The highest BCUT2D eigenvalue weighted by molar-refractivity contribution is 6.04. The maximum absolute atomic E-state index is 14.7. The molecular weight excluding hydrogens is 591 g/mol. The number of halogens is 3. The third kappa shape index (κ3) is 7.81. The predicted octanol–water partition coefficient (Wildman–Crippen LogP) is 7.37. The number of hydrogen-bond donors (Lipinski definition) is 3. The quantitative estimate of drug-likeness (QED) is 0.152. The lowest BCUT2D eigenvalue weighted by Crippen LogP contribution is -2.32. The van der Waals surface area contributed by atoms with Gasteiger partial charge in [-0.15, -0.1) is 0 Å². The Kier molecular flexibility index (Phi) is 10.5. The van der Waals surface area contributed by atoms with Crippen molar-refractivity contribution in [1.29, 1.82) is 0 Å². The summed E-state index contributed by atoms with van der Waals surface area (Å²) in [4.78, 5) is 30.3. The molecule has 0 unspecified atom stereocenters. The van der Waals surface area contributed by atoms with Gasteiger partial charge in [-0.05, 0) is 84.5 Å². The highest BCUT2D eigenvalue weighted by atomic mass is 19.2. The standard InChI is InChI=1S/C36H36F3N5O2/c1-3-23(20-40-28-8-6-5-7-9-28)16-25(4-2)26-14-15-44-33(22-41-34(44)19-26)36(46)43-32-18-27(11-13-30(32)38)35(45)42-21-24-10-12-29(37)31(39)17-24/h3-4,10-19,22,28,40H,2,5-9,20-21H2,1H3,(H,42,45)(H,43,46)/b23-3+,25-16+. The van der Waals surface area contributed by atoms with Crippen molar-refractivity contribution < 1.29 is 22.8 Å². The van der Waals surface area contributed by atoms with Crippen molar-refractivity contribution in [3.05, 3.63) is 131 Å². The minimum absolute atomic E-state index is 0.0697. The van der Waals surface area contributed by atoms with Crippen LogP contribution in [0.25, 0.3) is 11.2 Å². The van der Waals surface area contributed by atoms with Crippen molar-refractivity contribution in [3.8, 4) is 0 Å². The smallest absolute Gasteiger partial charge is 0.274 e. The van der Waals surface area contributed by atoms with Crippen LogP contribution in [0, 0.1) is 17.5 Å². The first-order chi connectivity index (χ1) is 22.2. The SMILES string of the molecule is C=C/C(=C\C(=C/C)CNC1CCCCC1)c1ccn2c(C(=O)Nc3cc(C(=O)NCc4ccc(F)c(F)c4)ccc3F)cnc2c1. The fourth-order valence-electron chi connectivity index (χ4n) is 5.48. The van der Waals surface area contributed by atoms with Gasteiger partial charge < -0.3 is 16.0 Å². The number of nitrogens with one attached hydrogen (secondary N) is 3. The van der Waals surface area contributed by atoms with Crippen LogP contribution in [0.4, 0.5) is 18.9 Å². The number of pyridine rings is 1. The van der Waals surface area contributed by atoms with Crippen molar-refractivity contribution >= 4 is 28.7 Å². The third-order valence-corrected chi connectivity index (χ3v) is 8.12. The normalized spacial score (nSPS) is 14.3. The molecule has 0 bridgehead atoms. The van der Waals surface area contributed by atoms with E-state index in [-0.39, 0.29) is 23.5 Å². The van der Waals surface area contributed by atoms with Gasteiger partial charge in [0.25, 0.3) is 11.8 Å². The number of allylic oxidation sites excluding steroid dienone is 3. The average Bonchev–Trinajstić information content (AvgIpc) is 3.50. The molecule has 1 saturated carbocycles.